The van der Waals surface area contributed by atoms with Crippen molar-refractivity contribution in [2.24, 2.45) is 10.8 Å². The summed E-state index contributed by atoms with van der Waals surface area (Å²) in [5.74, 6) is -0.276. The predicted octanol–water partition coefficient (Wildman–Crippen LogP) is 1.10. The second kappa shape index (κ2) is 1.97. The molecule has 0 spiro atoms. The molecule has 0 aliphatic heterocycles. The summed E-state index contributed by atoms with van der Waals surface area (Å²) < 4.78 is 4.58. The zero-order valence-electron chi connectivity index (χ0n) is 6.97. The Balaban J connectivity index is 2.79. The molecule has 1 rings (SSSR count). The third kappa shape index (κ3) is 0.823. The zero-order chi connectivity index (χ0) is 8.70. The molecule has 0 N–H and O–H groups in total. The van der Waals surface area contributed by atoms with E-state index in [1.807, 2.05) is 0 Å². The number of nitriles is 1. The monoisotopic (exact) mass is 153 g/mol. The molecule has 0 aromatic rings. The van der Waals surface area contributed by atoms with Gasteiger partial charge >= 0.3 is 5.97 Å². The SMILES string of the molecule is COC(=O)[C@]1(C)C[C@]1(C)C#N. The number of esters is 1. The fraction of sp³-hybridized carbons (Fsp3) is 0.750. The number of carbonyl (C=O) groups is 1. The molecule has 1 saturated carbocycles. The highest BCUT2D eigenvalue weighted by molar-refractivity contribution is 5.82. The van der Waals surface area contributed by atoms with Crippen LogP contribution in [0.3, 0.4) is 0 Å². The van der Waals surface area contributed by atoms with Gasteiger partial charge in [0, 0.05) is 0 Å². The second-order valence-electron chi connectivity index (χ2n) is 3.44. The maximum Gasteiger partial charge on any atom is 0.313 e. The summed E-state index contributed by atoms with van der Waals surface area (Å²) in [6.45, 7) is 3.55. The van der Waals surface area contributed by atoms with Gasteiger partial charge in [-0.05, 0) is 20.3 Å². The van der Waals surface area contributed by atoms with E-state index in [0.717, 1.165) is 0 Å². The standard InChI is InChI=1S/C8H11NO2/c1-7(5-9)4-8(7,2)6(10)11-3/h4H2,1-3H3/t7-,8+/m1/s1. The second-order valence-corrected chi connectivity index (χ2v) is 3.44. The van der Waals surface area contributed by atoms with Crippen LogP contribution in [0.25, 0.3) is 0 Å². The summed E-state index contributed by atoms with van der Waals surface area (Å²) in [5, 5.41) is 8.69. The van der Waals surface area contributed by atoms with Crippen LogP contribution in [0.5, 0.6) is 0 Å². The minimum Gasteiger partial charge on any atom is -0.469 e. The van der Waals surface area contributed by atoms with Crippen LogP contribution in [0.4, 0.5) is 0 Å². The van der Waals surface area contributed by atoms with Crippen molar-refractivity contribution in [3.05, 3.63) is 0 Å². The van der Waals surface area contributed by atoms with E-state index in [9.17, 15) is 4.79 Å². The molecule has 3 heteroatoms. The van der Waals surface area contributed by atoms with E-state index < -0.39 is 10.8 Å². The van der Waals surface area contributed by atoms with Crippen molar-refractivity contribution in [3.63, 3.8) is 0 Å². The first kappa shape index (κ1) is 8.06. The summed E-state index contributed by atoms with van der Waals surface area (Å²) in [5.41, 5.74) is -1.06. The van der Waals surface area contributed by atoms with E-state index in [0.29, 0.717) is 6.42 Å². The van der Waals surface area contributed by atoms with Gasteiger partial charge in [-0.1, -0.05) is 0 Å². The highest BCUT2D eigenvalue weighted by atomic mass is 16.5. The van der Waals surface area contributed by atoms with Crippen LogP contribution in [0, 0.1) is 22.2 Å². The Bertz CT molecular complexity index is 243. The molecule has 0 saturated heterocycles. The predicted molar refractivity (Wildman–Crippen MR) is 38.5 cm³/mol. The van der Waals surface area contributed by atoms with E-state index >= 15 is 0 Å². The number of rotatable bonds is 1. The van der Waals surface area contributed by atoms with Crippen molar-refractivity contribution >= 4 is 5.97 Å². The number of hydrogen-bond donors (Lipinski definition) is 0. The Morgan fingerprint density at radius 3 is 2.45 bits per heavy atom. The van der Waals surface area contributed by atoms with Crippen molar-refractivity contribution < 1.29 is 9.53 Å². The lowest BCUT2D eigenvalue weighted by Gasteiger charge is -2.08. The summed E-state index contributed by atoms with van der Waals surface area (Å²) in [6, 6.07) is 2.12. The van der Waals surface area contributed by atoms with Gasteiger partial charge in [0.1, 0.15) is 0 Å². The van der Waals surface area contributed by atoms with Gasteiger partial charge in [0.05, 0.1) is 24.0 Å². The molecule has 0 heterocycles. The van der Waals surface area contributed by atoms with Gasteiger partial charge in [-0.2, -0.15) is 5.26 Å². The van der Waals surface area contributed by atoms with Crippen molar-refractivity contribution in [3.8, 4) is 6.07 Å². The Hall–Kier alpha value is -1.04. The van der Waals surface area contributed by atoms with Crippen LogP contribution in [0.15, 0.2) is 0 Å². The molecule has 0 aromatic carbocycles. The van der Waals surface area contributed by atoms with Crippen LogP contribution in [-0.2, 0) is 9.53 Å². The van der Waals surface area contributed by atoms with Gasteiger partial charge in [0.2, 0.25) is 0 Å². The maximum absolute atomic E-state index is 11.1. The molecule has 0 bridgehead atoms. The minimum absolute atomic E-state index is 0.276. The lowest BCUT2D eigenvalue weighted by atomic mass is 9.98. The molecule has 11 heavy (non-hydrogen) atoms. The third-order valence-corrected chi connectivity index (χ3v) is 2.68. The first-order valence-corrected chi connectivity index (χ1v) is 3.50. The highest BCUT2D eigenvalue weighted by Crippen LogP contribution is 2.63. The Morgan fingerprint density at radius 1 is 1.64 bits per heavy atom. The maximum atomic E-state index is 11.1. The van der Waals surface area contributed by atoms with Gasteiger partial charge in [-0.3, -0.25) is 4.79 Å². The number of nitrogens with zero attached hydrogens (tertiary/aromatic N) is 1. The van der Waals surface area contributed by atoms with Crippen molar-refractivity contribution in [1.82, 2.24) is 0 Å². The summed E-state index contributed by atoms with van der Waals surface area (Å²) >= 11 is 0. The van der Waals surface area contributed by atoms with Crippen molar-refractivity contribution in [2.75, 3.05) is 7.11 Å². The lowest BCUT2D eigenvalue weighted by Crippen LogP contribution is -2.19. The van der Waals surface area contributed by atoms with E-state index in [1.165, 1.54) is 7.11 Å². The Labute approximate surface area is 66.0 Å². The molecule has 0 amide bonds. The Kier molecular flexibility index (Phi) is 1.45. The molecule has 1 aliphatic rings. The van der Waals surface area contributed by atoms with Crippen molar-refractivity contribution in [2.45, 2.75) is 20.3 Å². The fourth-order valence-electron chi connectivity index (χ4n) is 1.35. The molecule has 0 aromatic heterocycles. The minimum atomic E-state index is -0.559. The molecule has 60 valence electrons. The number of methoxy groups -OCH3 is 1. The zero-order valence-corrected chi connectivity index (χ0v) is 6.97. The third-order valence-electron chi connectivity index (χ3n) is 2.68. The van der Waals surface area contributed by atoms with Gasteiger partial charge in [0.15, 0.2) is 0 Å². The molecule has 2 atom stereocenters. The average Bonchev–Trinajstić information content (AvgIpc) is 2.56. The van der Waals surface area contributed by atoms with Gasteiger partial charge in [0.25, 0.3) is 0 Å². The molecule has 1 fully saturated rings. The van der Waals surface area contributed by atoms with Crippen LogP contribution < -0.4 is 0 Å². The van der Waals surface area contributed by atoms with Crippen LogP contribution in [-0.4, -0.2) is 13.1 Å². The summed E-state index contributed by atoms with van der Waals surface area (Å²) in [7, 11) is 1.35. The molecule has 3 nitrogen and oxygen atoms in total. The van der Waals surface area contributed by atoms with Gasteiger partial charge < -0.3 is 4.74 Å². The number of hydrogen-bond acceptors (Lipinski definition) is 3. The van der Waals surface area contributed by atoms with E-state index in [1.54, 1.807) is 13.8 Å². The molecular formula is C8H11NO2. The smallest absolute Gasteiger partial charge is 0.313 e. The first-order chi connectivity index (χ1) is 5.00. The van der Waals surface area contributed by atoms with Gasteiger partial charge in [-0.25, -0.2) is 0 Å². The lowest BCUT2D eigenvalue weighted by molar-refractivity contribution is -0.147. The van der Waals surface area contributed by atoms with Gasteiger partial charge in [-0.15, -0.1) is 0 Å². The van der Waals surface area contributed by atoms with Crippen LogP contribution >= 0.6 is 0 Å². The van der Waals surface area contributed by atoms with E-state index in [-0.39, 0.29) is 5.97 Å². The van der Waals surface area contributed by atoms with E-state index in [2.05, 4.69) is 10.8 Å². The average molecular weight is 153 g/mol. The topological polar surface area (TPSA) is 50.1 Å². The number of ether oxygens (including phenoxy) is 1. The quantitative estimate of drug-likeness (QED) is 0.530. The molecule has 0 unspecified atom stereocenters. The van der Waals surface area contributed by atoms with Crippen LogP contribution in [0.1, 0.15) is 20.3 Å². The van der Waals surface area contributed by atoms with E-state index in [4.69, 9.17) is 5.26 Å². The fourth-order valence-corrected chi connectivity index (χ4v) is 1.35. The van der Waals surface area contributed by atoms with Crippen molar-refractivity contribution in [1.29, 1.82) is 5.26 Å². The number of carbonyl (C=O) groups excluding carboxylic acids is 1. The largest absolute Gasteiger partial charge is 0.469 e. The Morgan fingerprint density at radius 2 is 2.18 bits per heavy atom. The normalized spacial score (nSPS) is 40.9. The molecule has 0 radical (unpaired) electrons. The summed E-state index contributed by atoms with van der Waals surface area (Å²) in [4.78, 5) is 11.1. The highest BCUT2D eigenvalue weighted by Gasteiger charge is 2.67. The first-order valence-electron chi connectivity index (χ1n) is 3.50. The molecule has 1 aliphatic carbocycles. The molecular weight excluding hydrogens is 142 g/mol. The van der Waals surface area contributed by atoms with Crippen LogP contribution in [0.2, 0.25) is 0 Å². The summed E-state index contributed by atoms with van der Waals surface area (Å²) in [6.07, 6.45) is 0.614.